The number of hydrogen-bond donors (Lipinski definition) is 2. The number of carboxylic acids is 1. The largest absolute Gasteiger partial charge is 0.481 e. The van der Waals surface area contributed by atoms with Gasteiger partial charge in [-0.1, -0.05) is 19.3 Å². The molecule has 0 unspecified atom stereocenters. The Morgan fingerprint density at radius 2 is 1.73 bits per heavy atom. The van der Waals surface area contributed by atoms with E-state index in [1.807, 2.05) is 0 Å². The predicted molar refractivity (Wildman–Crippen MR) is 44.3 cm³/mol. The van der Waals surface area contributed by atoms with Crippen molar-refractivity contribution in [3.8, 4) is 0 Å². The molecule has 1 rings (SSSR count). The van der Waals surface area contributed by atoms with Gasteiger partial charge in [-0.05, 0) is 19.9 Å². The zero-order valence-electron chi connectivity index (χ0n) is 7.05. The van der Waals surface area contributed by atoms with Gasteiger partial charge in [0, 0.05) is 0 Å². The first-order valence-corrected chi connectivity index (χ1v) is 4.11. The molecular weight excluding hydrogens is 142 g/mol. The Morgan fingerprint density at radius 1 is 1.27 bits per heavy atom. The maximum absolute atomic E-state index is 10.4. The minimum Gasteiger partial charge on any atom is -0.481 e. The summed E-state index contributed by atoms with van der Waals surface area (Å²) in [5.41, 5.74) is 4.50. The molecule has 0 aromatic heterocycles. The number of carbonyl (C=O) groups is 1. The van der Waals surface area contributed by atoms with Crippen LogP contribution in [0.4, 0.5) is 0 Å². The van der Waals surface area contributed by atoms with Crippen LogP contribution in [0.1, 0.15) is 32.1 Å². The topological polar surface area (TPSA) is 63.3 Å². The maximum atomic E-state index is 10.4. The molecule has 1 fully saturated rings. The molecule has 3 nitrogen and oxygen atoms in total. The Morgan fingerprint density at radius 3 is 2.00 bits per heavy atom. The average Bonchev–Trinajstić information content (AvgIpc) is 2.10. The van der Waals surface area contributed by atoms with Crippen LogP contribution < -0.4 is 5.73 Å². The molecular formula is C8H17NO2. The number of rotatable bonds is 1. The lowest BCUT2D eigenvalue weighted by atomic mass is 9.90. The van der Waals surface area contributed by atoms with Crippen molar-refractivity contribution >= 4 is 5.97 Å². The highest BCUT2D eigenvalue weighted by molar-refractivity contribution is 5.69. The average molecular weight is 159 g/mol. The van der Waals surface area contributed by atoms with Crippen molar-refractivity contribution in [1.29, 1.82) is 0 Å². The maximum Gasteiger partial charge on any atom is 0.306 e. The van der Waals surface area contributed by atoms with Crippen LogP contribution in [-0.4, -0.2) is 18.1 Å². The summed E-state index contributed by atoms with van der Waals surface area (Å²) >= 11 is 0. The Labute approximate surface area is 67.6 Å². The first-order chi connectivity index (χ1) is 5.30. The van der Waals surface area contributed by atoms with Crippen LogP contribution in [0.5, 0.6) is 0 Å². The molecule has 1 aliphatic rings. The highest BCUT2D eigenvalue weighted by Crippen LogP contribution is 2.23. The Hall–Kier alpha value is -0.570. The molecule has 0 bridgehead atoms. The van der Waals surface area contributed by atoms with E-state index in [0.717, 1.165) is 25.7 Å². The lowest BCUT2D eigenvalue weighted by molar-refractivity contribution is -0.142. The Kier molecular flexibility index (Phi) is 5.84. The van der Waals surface area contributed by atoms with Crippen LogP contribution in [0.2, 0.25) is 0 Å². The fourth-order valence-electron chi connectivity index (χ4n) is 1.35. The molecule has 0 aliphatic heterocycles. The van der Waals surface area contributed by atoms with Crippen molar-refractivity contribution < 1.29 is 9.90 Å². The second-order valence-corrected chi connectivity index (χ2v) is 2.67. The number of nitrogens with two attached hydrogens (primary N) is 1. The molecule has 0 amide bonds. The first kappa shape index (κ1) is 10.4. The van der Waals surface area contributed by atoms with Crippen molar-refractivity contribution in [2.45, 2.75) is 32.1 Å². The second kappa shape index (κ2) is 6.16. The van der Waals surface area contributed by atoms with Crippen molar-refractivity contribution in [3.63, 3.8) is 0 Å². The zero-order valence-corrected chi connectivity index (χ0v) is 7.05. The van der Waals surface area contributed by atoms with Gasteiger partial charge in [0.25, 0.3) is 0 Å². The van der Waals surface area contributed by atoms with E-state index in [9.17, 15) is 4.79 Å². The predicted octanol–water partition coefficient (Wildman–Crippen LogP) is 1.23. The summed E-state index contributed by atoms with van der Waals surface area (Å²) in [5.74, 6) is -0.631. The lowest BCUT2D eigenvalue weighted by Gasteiger charge is -2.16. The van der Waals surface area contributed by atoms with Crippen molar-refractivity contribution in [2.75, 3.05) is 7.05 Å². The normalized spacial score (nSPS) is 18.4. The number of aliphatic carboxylic acids is 1. The molecule has 0 aromatic rings. The fraction of sp³-hybridized carbons (Fsp3) is 0.875. The van der Waals surface area contributed by atoms with E-state index < -0.39 is 5.97 Å². The number of carboxylic acid groups (broad SMARTS) is 1. The monoisotopic (exact) mass is 159 g/mol. The van der Waals surface area contributed by atoms with E-state index in [1.165, 1.54) is 13.5 Å². The summed E-state index contributed by atoms with van der Waals surface area (Å²) in [6.07, 6.45) is 5.24. The van der Waals surface area contributed by atoms with Crippen LogP contribution in [0.15, 0.2) is 0 Å². The molecule has 0 saturated heterocycles. The van der Waals surface area contributed by atoms with Crippen LogP contribution in [0.25, 0.3) is 0 Å². The third-order valence-corrected chi connectivity index (χ3v) is 1.95. The molecule has 3 heteroatoms. The smallest absolute Gasteiger partial charge is 0.306 e. The molecule has 1 saturated carbocycles. The molecule has 66 valence electrons. The molecule has 3 N–H and O–H groups in total. The van der Waals surface area contributed by atoms with Gasteiger partial charge in [-0.15, -0.1) is 0 Å². The second-order valence-electron chi connectivity index (χ2n) is 2.67. The molecule has 0 radical (unpaired) electrons. The first-order valence-electron chi connectivity index (χ1n) is 4.11. The molecule has 11 heavy (non-hydrogen) atoms. The van der Waals surface area contributed by atoms with E-state index in [1.54, 1.807) is 0 Å². The quantitative estimate of drug-likeness (QED) is 0.604. The van der Waals surface area contributed by atoms with E-state index in [-0.39, 0.29) is 5.92 Å². The summed E-state index contributed by atoms with van der Waals surface area (Å²) < 4.78 is 0. The summed E-state index contributed by atoms with van der Waals surface area (Å²) in [7, 11) is 1.50. The highest BCUT2D eigenvalue weighted by atomic mass is 16.4. The van der Waals surface area contributed by atoms with Gasteiger partial charge in [-0.2, -0.15) is 0 Å². The van der Waals surface area contributed by atoms with Gasteiger partial charge in [-0.25, -0.2) is 0 Å². The minimum absolute atomic E-state index is 0.0289. The van der Waals surface area contributed by atoms with Gasteiger partial charge in [0.05, 0.1) is 5.92 Å². The van der Waals surface area contributed by atoms with Gasteiger partial charge in [-0.3, -0.25) is 4.79 Å². The van der Waals surface area contributed by atoms with Gasteiger partial charge in [0.1, 0.15) is 0 Å². The third-order valence-electron chi connectivity index (χ3n) is 1.95. The zero-order chi connectivity index (χ0) is 8.69. The summed E-state index contributed by atoms with van der Waals surface area (Å²) in [4.78, 5) is 10.4. The highest BCUT2D eigenvalue weighted by Gasteiger charge is 2.19. The van der Waals surface area contributed by atoms with Gasteiger partial charge in [0.15, 0.2) is 0 Å². The van der Waals surface area contributed by atoms with Crippen LogP contribution in [-0.2, 0) is 4.79 Å². The summed E-state index contributed by atoms with van der Waals surface area (Å²) in [6.45, 7) is 0. The minimum atomic E-state index is -0.602. The SMILES string of the molecule is CN.O=C(O)C1CCCCC1. The van der Waals surface area contributed by atoms with E-state index in [2.05, 4.69) is 5.73 Å². The van der Waals surface area contributed by atoms with Gasteiger partial charge >= 0.3 is 5.97 Å². The number of hydrogen-bond acceptors (Lipinski definition) is 2. The van der Waals surface area contributed by atoms with Crippen molar-refractivity contribution in [2.24, 2.45) is 11.7 Å². The molecule has 1 aliphatic carbocycles. The Balaban J connectivity index is 0.000000461. The molecule has 0 atom stereocenters. The van der Waals surface area contributed by atoms with Crippen molar-refractivity contribution in [1.82, 2.24) is 0 Å². The van der Waals surface area contributed by atoms with Crippen LogP contribution >= 0.6 is 0 Å². The van der Waals surface area contributed by atoms with Gasteiger partial charge < -0.3 is 10.8 Å². The standard InChI is InChI=1S/C7H12O2.CH5N/c8-7(9)6-4-2-1-3-5-6;1-2/h6H,1-5H2,(H,8,9);2H2,1H3. The third kappa shape index (κ3) is 3.98. The fourth-order valence-corrected chi connectivity index (χ4v) is 1.35. The van der Waals surface area contributed by atoms with E-state index in [4.69, 9.17) is 5.11 Å². The molecule has 0 heterocycles. The Bertz CT molecular complexity index is 109. The summed E-state index contributed by atoms with van der Waals surface area (Å²) in [5, 5.41) is 8.54. The molecule has 0 aromatic carbocycles. The van der Waals surface area contributed by atoms with Crippen LogP contribution in [0, 0.1) is 5.92 Å². The summed E-state index contributed by atoms with van der Waals surface area (Å²) in [6, 6.07) is 0. The van der Waals surface area contributed by atoms with Crippen molar-refractivity contribution in [3.05, 3.63) is 0 Å². The lowest BCUT2D eigenvalue weighted by Crippen LogP contribution is -2.16. The molecule has 0 spiro atoms. The van der Waals surface area contributed by atoms with Crippen LogP contribution in [0.3, 0.4) is 0 Å². The van der Waals surface area contributed by atoms with E-state index >= 15 is 0 Å². The van der Waals surface area contributed by atoms with Gasteiger partial charge in [0.2, 0.25) is 0 Å². The van der Waals surface area contributed by atoms with E-state index in [0.29, 0.717) is 0 Å².